The van der Waals surface area contributed by atoms with Gasteiger partial charge in [0.1, 0.15) is 5.82 Å². The lowest BCUT2D eigenvalue weighted by molar-refractivity contribution is 0.312. The van der Waals surface area contributed by atoms with E-state index in [0.717, 1.165) is 25.3 Å². The standard InChI is InChI=1S/C14H19FN2S/c1-16-6-4-14(9-16)5-7-17(10-14)13-3-2-11(18)8-12(13)15/h2-3,8,18H,4-7,9-10H2,1H3. The van der Waals surface area contributed by atoms with Crippen molar-refractivity contribution >= 4 is 18.3 Å². The molecule has 2 aliphatic rings. The third-order valence-electron chi connectivity index (χ3n) is 4.34. The SMILES string of the molecule is CN1CCC2(CCN(c3ccc(S)cc3F)C2)C1. The molecule has 1 unspecified atom stereocenters. The molecule has 2 fully saturated rings. The summed E-state index contributed by atoms with van der Waals surface area (Å²) in [5.41, 5.74) is 1.13. The van der Waals surface area contributed by atoms with Gasteiger partial charge in [-0.15, -0.1) is 12.6 Å². The fourth-order valence-electron chi connectivity index (χ4n) is 3.38. The Hall–Kier alpha value is -0.740. The summed E-state index contributed by atoms with van der Waals surface area (Å²) in [5.74, 6) is -0.147. The summed E-state index contributed by atoms with van der Waals surface area (Å²) < 4.78 is 14.0. The van der Waals surface area contributed by atoms with Gasteiger partial charge in [-0.05, 0) is 44.6 Å². The molecule has 3 rings (SSSR count). The first-order valence-electron chi connectivity index (χ1n) is 6.50. The Morgan fingerprint density at radius 2 is 2.00 bits per heavy atom. The fourth-order valence-corrected chi connectivity index (χ4v) is 3.57. The molecule has 1 aromatic rings. The van der Waals surface area contributed by atoms with Crippen molar-refractivity contribution in [3.63, 3.8) is 0 Å². The van der Waals surface area contributed by atoms with E-state index in [4.69, 9.17) is 0 Å². The maximum absolute atomic E-state index is 14.0. The summed E-state index contributed by atoms with van der Waals surface area (Å²) in [6.45, 7) is 4.28. The van der Waals surface area contributed by atoms with Gasteiger partial charge in [-0.1, -0.05) is 0 Å². The predicted molar refractivity (Wildman–Crippen MR) is 75.0 cm³/mol. The Balaban J connectivity index is 1.79. The summed E-state index contributed by atoms with van der Waals surface area (Å²) in [6.07, 6.45) is 2.42. The lowest BCUT2D eigenvalue weighted by atomic mass is 9.86. The zero-order chi connectivity index (χ0) is 12.8. The highest BCUT2D eigenvalue weighted by Crippen LogP contribution is 2.41. The van der Waals surface area contributed by atoms with Crippen LogP contribution in [0.5, 0.6) is 0 Å². The second kappa shape index (κ2) is 4.42. The average molecular weight is 266 g/mol. The van der Waals surface area contributed by atoms with Crippen LogP contribution in [0.15, 0.2) is 23.1 Å². The molecule has 98 valence electrons. The highest BCUT2D eigenvalue weighted by atomic mass is 32.1. The van der Waals surface area contributed by atoms with Gasteiger partial charge in [0.25, 0.3) is 0 Å². The van der Waals surface area contributed by atoms with Crippen LogP contribution in [0.4, 0.5) is 10.1 Å². The second-order valence-electron chi connectivity index (χ2n) is 5.80. The Morgan fingerprint density at radius 3 is 2.67 bits per heavy atom. The lowest BCUT2D eigenvalue weighted by Gasteiger charge is -2.25. The highest BCUT2D eigenvalue weighted by molar-refractivity contribution is 7.80. The van der Waals surface area contributed by atoms with Gasteiger partial charge in [0.05, 0.1) is 5.69 Å². The smallest absolute Gasteiger partial charge is 0.147 e. The number of likely N-dealkylation sites (tertiary alicyclic amines) is 1. The summed E-state index contributed by atoms with van der Waals surface area (Å²) in [6, 6.07) is 5.23. The minimum atomic E-state index is -0.147. The number of thiol groups is 1. The maximum atomic E-state index is 14.0. The van der Waals surface area contributed by atoms with Gasteiger partial charge in [0.15, 0.2) is 0 Å². The van der Waals surface area contributed by atoms with E-state index < -0.39 is 0 Å². The normalized spacial score (nSPS) is 28.5. The van der Waals surface area contributed by atoms with Gasteiger partial charge in [-0.25, -0.2) is 4.39 Å². The molecule has 0 N–H and O–H groups in total. The molecule has 2 nitrogen and oxygen atoms in total. The summed E-state index contributed by atoms with van der Waals surface area (Å²) in [5, 5.41) is 0. The topological polar surface area (TPSA) is 6.48 Å². The summed E-state index contributed by atoms with van der Waals surface area (Å²) in [4.78, 5) is 5.27. The Labute approximate surface area is 113 Å². The molecule has 0 amide bonds. The molecule has 1 aromatic carbocycles. The average Bonchev–Trinajstić information content (AvgIpc) is 2.87. The molecule has 2 saturated heterocycles. The zero-order valence-electron chi connectivity index (χ0n) is 10.7. The largest absolute Gasteiger partial charge is 0.369 e. The Morgan fingerprint density at radius 1 is 1.22 bits per heavy atom. The van der Waals surface area contributed by atoms with Crippen LogP contribution in [0.3, 0.4) is 0 Å². The van der Waals surface area contributed by atoms with Crippen LogP contribution in [0.25, 0.3) is 0 Å². The van der Waals surface area contributed by atoms with E-state index in [-0.39, 0.29) is 5.82 Å². The van der Waals surface area contributed by atoms with Crippen molar-refractivity contribution in [2.45, 2.75) is 17.7 Å². The van der Waals surface area contributed by atoms with Crippen LogP contribution in [-0.4, -0.2) is 38.1 Å². The first-order valence-corrected chi connectivity index (χ1v) is 6.95. The van der Waals surface area contributed by atoms with Crippen molar-refractivity contribution in [2.24, 2.45) is 5.41 Å². The fraction of sp³-hybridized carbons (Fsp3) is 0.571. The van der Waals surface area contributed by atoms with Crippen molar-refractivity contribution in [2.75, 3.05) is 38.1 Å². The van der Waals surface area contributed by atoms with Crippen molar-refractivity contribution in [1.29, 1.82) is 0 Å². The second-order valence-corrected chi connectivity index (χ2v) is 6.31. The zero-order valence-corrected chi connectivity index (χ0v) is 11.6. The highest BCUT2D eigenvalue weighted by Gasteiger charge is 2.42. The van der Waals surface area contributed by atoms with E-state index in [2.05, 4.69) is 29.5 Å². The molecular formula is C14H19FN2S. The van der Waals surface area contributed by atoms with E-state index in [1.165, 1.54) is 25.5 Å². The molecule has 4 heteroatoms. The molecule has 1 atom stereocenters. The monoisotopic (exact) mass is 266 g/mol. The van der Waals surface area contributed by atoms with Crippen molar-refractivity contribution in [3.8, 4) is 0 Å². The molecule has 0 aromatic heterocycles. The third-order valence-corrected chi connectivity index (χ3v) is 4.62. The minimum absolute atomic E-state index is 0.147. The molecule has 0 radical (unpaired) electrons. The molecule has 2 aliphatic heterocycles. The van der Waals surface area contributed by atoms with E-state index in [9.17, 15) is 4.39 Å². The van der Waals surface area contributed by atoms with Crippen molar-refractivity contribution < 1.29 is 4.39 Å². The lowest BCUT2D eigenvalue weighted by Crippen LogP contribution is -2.30. The van der Waals surface area contributed by atoms with Gasteiger partial charge in [0.2, 0.25) is 0 Å². The van der Waals surface area contributed by atoms with Crippen LogP contribution in [0, 0.1) is 11.2 Å². The molecule has 0 bridgehead atoms. The van der Waals surface area contributed by atoms with E-state index in [1.807, 2.05) is 12.1 Å². The number of benzene rings is 1. The number of rotatable bonds is 1. The predicted octanol–water partition coefficient (Wildman–Crippen LogP) is 2.65. The molecule has 2 heterocycles. The first-order chi connectivity index (χ1) is 8.58. The van der Waals surface area contributed by atoms with Gasteiger partial charge < -0.3 is 9.80 Å². The van der Waals surface area contributed by atoms with Gasteiger partial charge in [0, 0.05) is 29.9 Å². The van der Waals surface area contributed by atoms with Crippen LogP contribution in [0.1, 0.15) is 12.8 Å². The van der Waals surface area contributed by atoms with Crippen LogP contribution in [-0.2, 0) is 0 Å². The molecular weight excluding hydrogens is 247 g/mol. The Kier molecular flexibility index (Phi) is 3.02. The van der Waals surface area contributed by atoms with E-state index in [0.29, 0.717) is 10.3 Å². The summed E-state index contributed by atoms with van der Waals surface area (Å²) >= 11 is 4.17. The molecule has 1 spiro atoms. The van der Waals surface area contributed by atoms with Crippen LogP contribution < -0.4 is 4.90 Å². The number of anilines is 1. The quantitative estimate of drug-likeness (QED) is 0.781. The molecule has 0 saturated carbocycles. The Bertz CT molecular complexity index is 465. The molecule has 0 aliphatic carbocycles. The maximum Gasteiger partial charge on any atom is 0.147 e. The van der Waals surface area contributed by atoms with E-state index >= 15 is 0 Å². The number of nitrogens with zero attached hydrogens (tertiary/aromatic N) is 2. The summed E-state index contributed by atoms with van der Waals surface area (Å²) in [7, 11) is 2.17. The van der Waals surface area contributed by atoms with Crippen molar-refractivity contribution in [1.82, 2.24) is 4.90 Å². The molecule has 18 heavy (non-hydrogen) atoms. The van der Waals surface area contributed by atoms with E-state index in [1.54, 1.807) is 0 Å². The van der Waals surface area contributed by atoms with Gasteiger partial charge >= 0.3 is 0 Å². The minimum Gasteiger partial charge on any atom is -0.369 e. The first kappa shape index (κ1) is 12.3. The number of hydrogen-bond acceptors (Lipinski definition) is 3. The number of halogens is 1. The van der Waals surface area contributed by atoms with Gasteiger partial charge in [-0.3, -0.25) is 0 Å². The van der Waals surface area contributed by atoms with Gasteiger partial charge in [-0.2, -0.15) is 0 Å². The van der Waals surface area contributed by atoms with Crippen LogP contribution >= 0.6 is 12.6 Å². The van der Waals surface area contributed by atoms with Crippen LogP contribution in [0.2, 0.25) is 0 Å². The number of hydrogen-bond donors (Lipinski definition) is 1. The third kappa shape index (κ3) is 2.12. The van der Waals surface area contributed by atoms with Crippen molar-refractivity contribution in [3.05, 3.63) is 24.0 Å².